The second-order valence-electron chi connectivity index (χ2n) is 4.23. The SMILES string of the molecule is Cc1cc(Cl)ccc1NC(=O)COc1ccccc1F. The molecule has 3 nitrogen and oxygen atoms in total. The van der Waals surface area contributed by atoms with Gasteiger partial charge in [-0.15, -0.1) is 0 Å². The highest BCUT2D eigenvalue weighted by Gasteiger charge is 2.08. The molecule has 5 heteroatoms. The van der Waals surface area contributed by atoms with E-state index in [-0.39, 0.29) is 18.3 Å². The predicted octanol–water partition coefficient (Wildman–Crippen LogP) is 3.81. The fourth-order valence-electron chi connectivity index (χ4n) is 1.66. The highest BCUT2D eigenvalue weighted by Crippen LogP contribution is 2.20. The van der Waals surface area contributed by atoms with Crippen LogP contribution in [-0.2, 0) is 4.79 Å². The summed E-state index contributed by atoms with van der Waals surface area (Å²) in [5, 5.41) is 3.28. The number of nitrogens with one attached hydrogen (secondary N) is 1. The zero-order chi connectivity index (χ0) is 14.5. The molecular weight excluding hydrogens is 281 g/mol. The molecule has 0 aromatic heterocycles. The number of halogens is 2. The molecule has 20 heavy (non-hydrogen) atoms. The van der Waals surface area contributed by atoms with E-state index in [4.69, 9.17) is 16.3 Å². The van der Waals surface area contributed by atoms with E-state index in [0.717, 1.165) is 5.56 Å². The average molecular weight is 294 g/mol. The molecule has 0 fully saturated rings. The largest absolute Gasteiger partial charge is 0.481 e. The highest BCUT2D eigenvalue weighted by atomic mass is 35.5. The van der Waals surface area contributed by atoms with Crippen LogP contribution in [0.3, 0.4) is 0 Å². The Balaban J connectivity index is 1.94. The second kappa shape index (κ2) is 6.39. The second-order valence-corrected chi connectivity index (χ2v) is 4.66. The number of rotatable bonds is 4. The van der Waals surface area contributed by atoms with E-state index in [1.54, 1.807) is 30.3 Å². The van der Waals surface area contributed by atoms with Gasteiger partial charge in [-0.3, -0.25) is 4.79 Å². The van der Waals surface area contributed by atoms with Crippen molar-refractivity contribution >= 4 is 23.2 Å². The minimum atomic E-state index is -0.497. The summed E-state index contributed by atoms with van der Waals surface area (Å²) in [6, 6.07) is 11.1. The first kappa shape index (κ1) is 14.3. The van der Waals surface area contributed by atoms with Gasteiger partial charge in [0.1, 0.15) is 0 Å². The summed E-state index contributed by atoms with van der Waals surface area (Å²) in [6.07, 6.45) is 0. The summed E-state index contributed by atoms with van der Waals surface area (Å²) < 4.78 is 18.4. The van der Waals surface area contributed by atoms with Crippen molar-refractivity contribution in [2.75, 3.05) is 11.9 Å². The molecule has 0 heterocycles. The van der Waals surface area contributed by atoms with Gasteiger partial charge in [-0.05, 0) is 42.8 Å². The van der Waals surface area contributed by atoms with Crippen LogP contribution in [0.1, 0.15) is 5.56 Å². The number of anilines is 1. The fraction of sp³-hybridized carbons (Fsp3) is 0.133. The third-order valence-corrected chi connectivity index (χ3v) is 2.89. The smallest absolute Gasteiger partial charge is 0.262 e. The van der Waals surface area contributed by atoms with Gasteiger partial charge in [-0.2, -0.15) is 0 Å². The van der Waals surface area contributed by atoms with Crippen molar-refractivity contribution in [2.45, 2.75) is 6.92 Å². The zero-order valence-corrected chi connectivity index (χ0v) is 11.6. The standard InChI is InChI=1S/C15H13ClFNO2/c1-10-8-11(16)6-7-13(10)18-15(19)9-20-14-5-3-2-4-12(14)17/h2-8H,9H2,1H3,(H,18,19). The summed E-state index contributed by atoms with van der Waals surface area (Å²) in [7, 11) is 0. The average Bonchev–Trinajstić information content (AvgIpc) is 2.41. The lowest BCUT2D eigenvalue weighted by Gasteiger charge is -2.10. The molecule has 0 aliphatic rings. The van der Waals surface area contributed by atoms with Crippen LogP contribution in [0, 0.1) is 12.7 Å². The van der Waals surface area contributed by atoms with Crippen LogP contribution in [0.5, 0.6) is 5.75 Å². The van der Waals surface area contributed by atoms with E-state index < -0.39 is 5.82 Å². The normalized spacial score (nSPS) is 10.2. The van der Waals surface area contributed by atoms with Crippen LogP contribution in [0.2, 0.25) is 5.02 Å². The van der Waals surface area contributed by atoms with Gasteiger partial charge in [0.2, 0.25) is 0 Å². The first-order valence-corrected chi connectivity index (χ1v) is 6.37. The number of ether oxygens (including phenoxy) is 1. The Bertz CT molecular complexity index is 631. The quantitative estimate of drug-likeness (QED) is 0.931. The van der Waals surface area contributed by atoms with Crippen LogP contribution in [0.15, 0.2) is 42.5 Å². The lowest BCUT2D eigenvalue weighted by atomic mass is 10.2. The van der Waals surface area contributed by atoms with E-state index in [0.29, 0.717) is 10.7 Å². The monoisotopic (exact) mass is 293 g/mol. The Kier molecular flexibility index (Phi) is 4.58. The summed E-state index contributed by atoms with van der Waals surface area (Å²) in [4.78, 5) is 11.7. The molecule has 2 aromatic carbocycles. The number of benzene rings is 2. The van der Waals surface area contributed by atoms with E-state index in [1.165, 1.54) is 12.1 Å². The van der Waals surface area contributed by atoms with Crippen LogP contribution < -0.4 is 10.1 Å². The molecule has 0 aliphatic carbocycles. The lowest BCUT2D eigenvalue weighted by Crippen LogP contribution is -2.20. The predicted molar refractivity (Wildman–Crippen MR) is 76.7 cm³/mol. The fourth-order valence-corrected chi connectivity index (χ4v) is 1.89. The van der Waals surface area contributed by atoms with Crippen molar-refractivity contribution in [2.24, 2.45) is 0 Å². The minimum Gasteiger partial charge on any atom is -0.481 e. The maximum absolute atomic E-state index is 13.3. The highest BCUT2D eigenvalue weighted by molar-refractivity contribution is 6.30. The number of aryl methyl sites for hydroxylation is 1. The topological polar surface area (TPSA) is 38.3 Å². The van der Waals surface area contributed by atoms with Crippen LogP contribution in [0.25, 0.3) is 0 Å². The number of amides is 1. The van der Waals surface area contributed by atoms with E-state index in [2.05, 4.69) is 5.32 Å². The number of carbonyl (C=O) groups excluding carboxylic acids is 1. The molecule has 0 aliphatic heterocycles. The molecule has 0 unspecified atom stereocenters. The molecule has 104 valence electrons. The van der Waals surface area contributed by atoms with Crippen molar-refractivity contribution in [3.05, 3.63) is 58.9 Å². The number of hydrogen-bond donors (Lipinski definition) is 1. The van der Waals surface area contributed by atoms with Gasteiger partial charge in [-0.1, -0.05) is 23.7 Å². The summed E-state index contributed by atoms with van der Waals surface area (Å²) in [5.41, 5.74) is 1.49. The molecule has 0 saturated heterocycles. The Labute approximate surface area is 121 Å². The Morgan fingerprint density at radius 2 is 2.05 bits per heavy atom. The molecule has 1 N–H and O–H groups in total. The maximum Gasteiger partial charge on any atom is 0.262 e. The molecule has 1 amide bonds. The van der Waals surface area contributed by atoms with Crippen LogP contribution in [-0.4, -0.2) is 12.5 Å². The van der Waals surface area contributed by atoms with E-state index in [9.17, 15) is 9.18 Å². The van der Waals surface area contributed by atoms with Crippen LogP contribution >= 0.6 is 11.6 Å². The molecule has 0 radical (unpaired) electrons. The van der Waals surface area contributed by atoms with Gasteiger partial charge in [-0.25, -0.2) is 4.39 Å². The Hall–Kier alpha value is -2.07. The molecule has 2 rings (SSSR count). The third-order valence-electron chi connectivity index (χ3n) is 2.66. The third kappa shape index (κ3) is 3.71. The van der Waals surface area contributed by atoms with Crippen molar-refractivity contribution in [1.82, 2.24) is 0 Å². The Morgan fingerprint density at radius 3 is 2.75 bits per heavy atom. The first-order chi connectivity index (χ1) is 9.56. The molecule has 0 spiro atoms. The number of hydrogen-bond acceptors (Lipinski definition) is 2. The molecule has 2 aromatic rings. The van der Waals surface area contributed by atoms with Gasteiger partial charge in [0.05, 0.1) is 0 Å². The number of carbonyl (C=O) groups is 1. The lowest BCUT2D eigenvalue weighted by molar-refractivity contribution is -0.118. The number of para-hydroxylation sites is 1. The zero-order valence-electron chi connectivity index (χ0n) is 10.8. The van der Waals surface area contributed by atoms with E-state index >= 15 is 0 Å². The van der Waals surface area contributed by atoms with Crippen molar-refractivity contribution in [1.29, 1.82) is 0 Å². The Morgan fingerprint density at radius 1 is 1.30 bits per heavy atom. The van der Waals surface area contributed by atoms with Crippen LogP contribution in [0.4, 0.5) is 10.1 Å². The summed E-state index contributed by atoms with van der Waals surface area (Å²) in [5.74, 6) is -0.808. The first-order valence-electron chi connectivity index (χ1n) is 5.99. The molecule has 0 atom stereocenters. The van der Waals surface area contributed by atoms with Gasteiger partial charge < -0.3 is 10.1 Å². The molecule has 0 bridgehead atoms. The van der Waals surface area contributed by atoms with Gasteiger partial charge in [0.15, 0.2) is 18.2 Å². The van der Waals surface area contributed by atoms with E-state index in [1.807, 2.05) is 6.92 Å². The summed E-state index contributed by atoms with van der Waals surface area (Å²) >= 11 is 5.83. The van der Waals surface area contributed by atoms with Gasteiger partial charge in [0, 0.05) is 10.7 Å². The van der Waals surface area contributed by atoms with Crippen molar-refractivity contribution in [3.8, 4) is 5.75 Å². The molecule has 0 saturated carbocycles. The van der Waals surface area contributed by atoms with Crippen molar-refractivity contribution < 1.29 is 13.9 Å². The maximum atomic E-state index is 13.3. The van der Waals surface area contributed by atoms with Gasteiger partial charge in [0.25, 0.3) is 5.91 Å². The van der Waals surface area contributed by atoms with Gasteiger partial charge >= 0.3 is 0 Å². The minimum absolute atomic E-state index is 0.0514. The summed E-state index contributed by atoms with van der Waals surface area (Å²) in [6.45, 7) is 1.57. The molecular formula is C15H13ClFNO2. The van der Waals surface area contributed by atoms with Crippen molar-refractivity contribution in [3.63, 3.8) is 0 Å².